The van der Waals surface area contributed by atoms with E-state index in [1.54, 1.807) is 0 Å². The molecule has 1 saturated heterocycles. The number of anilines is 1. The Labute approximate surface area is 215 Å². The smallest absolute Gasteiger partial charge is 0.286 e. The Balaban J connectivity index is 1.19. The van der Waals surface area contributed by atoms with Crippen molar-refractivity contribution >= 4 is 46.2 Å². The van der Waals surface area contributed by atoms with Crippen LogP contribution in [0.15, 0.2) is 82.7 Å². The molecule has 0 radical (unpaired) electrons. The number of benzene rings is 3. The average Bonchev–Trinajstić information content (AvgIpc) is 3.24. The van der Waals surface area contributed by atoms with Crippen molar-refractivity contribution in [1.82, 2.24) is 4.90 Å². The third kappa shape index (κ3) is 5.89. The van der Waals surface area contributed by atoms with E-state index in [-0.39, 0.29) is 5.91 Å². The molecule has 0 spiro atoms. The summed E-state index contributed by atoms with van der Waals surface area (Å²) < 4.78 is 5.96. The number of nitrogens with zero attached hydrogens (tertiary/aromatic N) is 3. The number of piperazine rings is 1. The molecule has 0 saturated carbocycles. The number of amides is 1. The first kappa shape index (κ1) is 23.5. The van der Waals surface area contributed by atoms with Crippen LogP contribution >= 0.6 is 23.4 Å². The molecule has 1 amide bonds. The highest BCUT2D eigenvalue weighted by atomic mass is 35.5. The standard InChI is InChI=1S/C28H26ClN3O2S/c1-20-8-10-21(11-9-20)19-34-25-7-2-4-22(16-25)17-26-27(33)30-28(35-26)32-14-12-31(13-15-32)24-6-3-5-23(29)18-24/h2-11,16-18H,12-15,19H2,1H3/b26-17-. The van der Waals surface area contributed by atoms with Gasteiger partial charge in [-0.3, -0.25) is 4.79 Å². The van der Waals surface area contributed by atoms with Gasteiger partial charge in [0, 0.05) is 36.9 Å². The lowest BCUT2D eigenvalue weighted by atomic mass is 10.1. The summed E-state index contributed by atoms with van der Waals surface area (Å²) in [5.74, 6) is 0.585. The molecule has 0 N–H and O–H groups in total. The fourth-order valence-electron chi connectivity index (χ4n) is 4.06. The molecular weight excluding hydrogens is 478 g/mol. The van der Waals surface area contributed by atoms with E-state index < -0.39 is 0 Å². The zero-order chi connectivity index (χ0) is 24.2. The highest BCUT2D eigenvalue weighted by molar-refractivity contribution is 8.18. The quantitative estimate of drug-likeness (QED) is 0.398. The number of halogens is 1. The molecule has 5 rings (SSSR count). The van der Waals surface area contributed by atoms with Gasteiger partial charge in [0.25, 0.3) is 5.91 Å². The first-order valence-electron chi connectivity index (χ1n) is 11.6. The molecule has 0 bridgehead atoms. The van der Waals surface area contributed by atoms with E-state index in [0.717, 1.165) is 58.9 Å². The molecule has 0 unspecified atom stereocenters. The highest BCUT2D eigenvalue weighted by Crippen LogP contribution is 2.32. The average molecular weight is 504 g/mol. The zero-order valence-corrected chi connectivity index (χ0v) is 21.1. The number of ether oxygens (including phenoxy) is 1. The third-order valence-corrected chi connectivity index (χ3v) is 7.29. The van der Waals surface area contributed by atoms with Crippen molar-refractivity contribution in [2.45, 2.75) is 13.5 Å². The van der Waals surface area contributed by atoms with Crippen LogP contribution in [-0.4, -0.2) is 42.2 Å². The summed E-state index contributed by atoms with van der Waals surface area (Å²) >= 11 is 7.59. The van der Waals surface area contributed by atoms with Crippen LogP contribution in [0.3, 0.4) is 0 Å². The second-order valence-corrected chi connectivity index (χ2v) is 10.1. The van der Waals surface area contributed by atoms with Gasteiger partial charge in [-0.2, -0.15) is 4.99 Å². The number of aliphatic imine (C=N–C) groups is 1. The minimum Gasteiger partial charge on any atom is -0.489 e. The first-order valence-corrected chi connectivity index (χ1v) is 12.8. The van der Waals surface area contributed by atoms with Crippen molar-refractivity contribution < 1.29 is 9.53 Å². The zero-order valence-electron chi connectivity index (χ0n) is 19.5. The van der Waals surface area contributed by atoms with Crippen molar-refractivity contribution in [3.8, 4) is 5.75 Å². The molecule has 2 heterocycles. The number of hydrogen-bond donors (Lipinski definition) is 0. The first-order chi connectivity index (χ1) is 17.0. The normalized spacial score (nSPS) is 17.1. The maximum Gasteiger partial charge on any atom is 0.286 e. The number of carbonyl (C=O) groups is 1. The second-order valence-electron chi connectivity index (χ2n) is 8.61. The predicted molar refractivity (Wildman–Crippen MR) is 145 cm³/mol. The molecule has 35 heavy (non-hydrogen) atoms. The van der Waals surface area contributed by atoms with Gasteiger partial charge in [-0.25, -0.2) is 0 Å². The van der Waals surface area contributed by atoms with E-state index in [4.69, 9.17) is 16.3 Å². The lowest BCUT2D eigenvalue weighted by molar-refractivity contribution is -0.113. The SMILES string of the molecule is Cc1ccc(COc2cccc(/C=C3\SC(N4CCN(c5cccc(Cl)c5)CC4)=NC3=O)c2)cc1. The van der Waals surface area contributed by atoms with Gasteiger partial charge in [0.2, 0.25) is 0 Å². The maximum absolute atomic E-state index is 12.6. The monoisotopic (exact) mass is 503 g/mol. The number of hydrogen-bond acceptors (Lipinski definition) is 5. The lowest BCUT2D eigenvalue weighted by Crippen LogP contribution is -2.47. The fourth-order valence-corrected chi connectivity index (χ4v) is 5.21. The molecule has 2 aliphatic rings. The van der Waals surface area contributed by atoms with E-state index in [9.17, 15) is 4.79 Å². The van der Waals surface area contributed by atoms with Crippen molar-refractivity contribution in [3.63, 3.8) is 0 Å². The van der Waals surface area contributed by atoms with Crippen LogP contribution < -0.4 is 9.64 Å². The molecule has 3 aromatic carbocycles. The Morgan fingerprint density at radius 3 is 2.49 bits per heavy atom. The molecule has 3 aromatic rings. The van der Waals surface area contributed by atoms with Crippen LogP contribution in [0, 0.1) is 6.92 Å². The van der Waals surface area contributed by atoms with Gasteiger partial charge in [-0.1, -0.05) is 59.6 Å². The number of aryl methyl sites for hydroxylation is 1. The van der Waals surface area contributed by atoms with Crippen LogP contribution in [0.4, 0.5) is 5.69 Å². The summed E-state index contributed by atoms with van der Waals surface area (Å²) in [5.41, 5.74) is 4.39. The van der Waals surface area contributed by atoms with Gasteiger partial charge >= 0.3 is 0 Å². The van der Waals surface area contributed by atoms with Crippen molar-refractivity contribution in [3.05, 3.63) is 99.4 Å². The van der Waals surface area contributed by atoms with Crippen molar-refractivity contribution in [1.29, 1.82) is 0 Å². The van der Waals surface area contributed by atoms with Crippen molar-refractivity contribution in [2.75, 3.05) is 31.1 Å². The summed E-state index contributed by atoms with van der Waals surface area (Å²) in [5, 5.41) is 1.52. The Kier molecular flexibility index (Phi) is 7.11. The predicted octanol–water partition coefficient (Wildman–Crippen LogP) is 6.02. The molecule has 0 aromatic heterocycles. The van der Waals surface area contributed by atoms with Crippen LogP contribution in [0.25, 0.3) is 6.08 Å². The number of rotatable bonds is 5. The van der Waals surface area contributed by atoms with E-state index in [1.165, 1.54) is 17.3 Å². The van der Waals surface area contributed by atoms with Gasteiger partial charge in [0.15, 0.2) is 5.17 Å². The van der Waals surface area contributed by atoms with Gasteiger partial charge < -0.3 is 14.5 Å². The Bertz CT molecular complexity index is 1280. The van der Waals surface area contributed by atoms with E-state index in [0.29, 0.717) is 11.5 Å². The molecule has 5 nitrogen and oxygen atoms in total. The van der Waals surface area contributed by atoms with Crippen LogP contribution in [-0.2, 0) is 11.4 Å². The van der Waals surface area contributed by atoms with Crippen LogP contribution in [0.1, 0.15) is 16.7 Å². The van der Waals surface area contributed by atoms with Crippen LogP contribution in [0.5, 0.6) is 5.75 Å². The Morgan fingerprint density at radius 2 is 1.71 bits per heavy atom. The number of carbonyl (C=O) groups excluding carboxylic acids is 1. The number of thioether (sulfide) groups is 1. The molecule has 0 atom stereocenters. The Hall–Kier alpha value is -3.22. The Morgan fingerprint density at radius 1 is 0.971 bits per heavy atom. The number of amidine groups is 1. The topological polar surface area (TPSA) is 45.1 Å². The summed E-state index contributed by atoms with van der Waals surface area (Å²) in [6, 6.07) is 24.0. The largest absolute Gasteiger partial charge is 0.489 e. The summed E-state index contributed by atoms with van der Waals surface area (Å²) in [7, 11) is 0. The van der Waals surface area contributed by atoms with Gasteiger partial charge in [0.05, 0.1) is 4.91 Å². The fraction of sp³-hybridized carbons (Fsp3) is 0.214. The van der Waals surface area contributed by atoms with Gasteiger partial charge in [-0.05, 0) is 66.2 Å². The molecule has 7 heteroatoms. The van der Waals surface area contributed by atoms with E-state index in [2.05, 4.69) is 52.0 Å². The maximum atomic E-state index is 12.6. The van der Waals surface area contributed by atoms with Crippen molar-refractivity contribution in [2.24, 2.45) is 4.99 Å². The van der Waals surface area contributed by atoms with E-state index >= 15 is 0 Å². The minimum atomic E-state index is -0.187. The van der Waals surface area contributed by atoms with Gasteiger partial charge in [-0.15, -0.1) is 0 Å². The summed E-state index contributed by atoms with van der Waals surface area (Å²) in [4.78, 5) is 22.1. The van der Waals surface area contributed by atoms with Crippen LogP contribution in [0.2, 0.25) is 5.02 Å². The molecule has 178 valence electrons. The third-order valence-electron chi connectivity index (χ3n) is 6.01. The lowest BCUT2D eigenvalue weighted by Gasteiger charge is -2.36. The van der Waals surface area contributed by atoms with Gasteiger partial charge in [0.1, 0.15) is 12.4 Å². The minimum absolute atomic E-state index is 0.187. The highest BCUT2D eigenvalue weighted by Gasteiger charge is 2.28. The molecule has 2 aliphatic heterocycles. The summed E-state index contributed by atoms with van der Waals surface area (Å²) in [6.07, 6.45) is 1.89. The second kappa shape index (κ2) is 10.6. The molecular formula is C28H26ClN3O2S. The molecule has 1 fully saturated rings. The summed E-state index contributed by atoms with van der Waals surface area (Å²) in [6.45, 7) is 5.89. The van der Waals surface area contributed by atoms with E-state index in [1.807, 2.05) is 48.5 Å². The molecule has 0 aliphatic carbocycles.